The van der Waals surface area contributed by atoms with Crippen molar-refractivity contribution in [3.05, 3.63) is 23.2 Å². The second-order valence-corrected chi connectivity index (χ2v) is 4.95. The number of carbonyl (C=O) groups is 2. The van der Waals surface area contributed by atoms with Gasteiger partial charge in [0.25, 0.3) is 0 Å². The fourth-order valence-corrected chi connectivity index (χ4v) is 2.36. The highest BCUT2D eigenvalue weighted by atomic mass is 16.5. The van der Waals surface area contributed by atoms with Gasteiger partial charge in [-0.2, -0.15) is 0 Å². The number of furan rings is 1. The second-order valence-electron chi connectivity index (χ2n) is 4.95. The number of ether oxygens (including phenoxy) is 1. The molecule has 0 spiro atoms. The number of carbonyl (C=O) groups excluding carboxylic acids is 2. The molecule has 1 amide bonds. The van der Waals surface area contributed by atoms with E-state index in [-0.39, 0.29) is 18.5 Å². The number of hydrogen-bond donors (Lipinski definition) is 2. The summed E-state index contributed by atoms with van der Waals surface area (Å²) in [7, 11) is 1.32. The first-order valence-electron chi connectivity index (χ1n) is 6.78. The Labute approximate surface area is 117 Å². The molecular weight excluding hydrogens is 260 g/mol. The van der Waals surface area contributed by atoms with Gasteiger partial charge in [-0.05, 0) is 32.4 Å². The Morgan fingerprint density at radius 1 is 1.55 bits per heavy atom. The van der Waals surface area contributed by atoms with Crippen molar-refractivity contribution < 1.29 is 18.7 Å². The second kappa shape index (κ2) is 6.56. The van der Waals surface area contributed by atoms with Gasteiger partial charge < -0.3 is 19.8 Å². The molecule has 110 valence electrons. The molecule has 2 rings (SSSR count). The van der Waals surface area contributed by atoms with Crippen molar-refractivity contribution in [2.45, 2.75) is 38.8 Å². The zero-order chi connectivity index (χ0) is 14.5. The molecule has 0 saturated carbocycles. The Balaban J connectivity index is 1.84. The molecule has 0 aliphatic carbocycles. The van der Waals surface area contributed by atoms with Crippen LogP contribution in [0, 0.1) is 6.92 Å². The molecule has 1 saturated heterocycles. The van der Waals surface area contributed by atoms with Gasteiger partial charge in [0.15, 0.2) is 0 Å². The third-order valence-electron chi connectivity index (χ3n) is 3.43. The van der Waals surface area contributed by atoms with Gasteiger partial charge in [0, 0.05) is 12.5 Å². The van der Waals surface area contributed by atoms with Crippen LogP contribution in [0.4, 0.5) is 0 Å². The Kier molecular flexibility index (Phi) is 4.79. The van der Waals surface area contributed by atoms with Gasteiger partial charge in [-0.25, -0.2) is 4.79 Å². The number of methoxy groups -OCH3 is 1. The SMILES string of the molecule is COC(=O)c1cc(CNC(=O)CC2CCCN2)oc1C. The van der Waals surface area contributed by atoms with E-state index >= 15 is 0 Å². The number of aryl methyl sites for hydroxylation is 1. The summed E-state index contributed by atoms with van der Waals surface area (Å²) in [6, 6.07) is 1.88. The van der Waals surface area contributed by atoms with Crippen LogP contribution in [0.1, 0.15) is 41.1 Å². The van der Waals surface area contributed by atoms with Crippen LogP contribution in [0.2, 0.25) is 0 Å². The summed E-state index contributed by atoms with van der Waals surface area (Å²) in [5.74, 6) is 0.603. The lowest BCUT2D eigenvalue weighted by molar-refractivity contribution is -0.121. The van der Waals surface area contributed by atoms with E-state index in [1.165, 1.54) is 7.11 Å². The highest BCUT2D eigenvalue weighted by Gasteiger charge is 2.19. The van der Waals surface area contributed by atoms with Crippen molar-refractivity contribution in [2.75, 3.05) is 13.7 Å². The maximum Gasteiger partial charge on any atom is 0.341 e. The van der Waals surface area contributed by atoms with E-state index in [9.17, 15) is 9.59 Å². The summed E-state index contributed by atoms with van der Waals surface area (Å²) >= 11 is 0. The lowest BCUT2D eigenvalue weighted by Gasteiger charge is -2.09. The monoisotopic (exact) mass is 280 g/mol. The normalized spacial score (nSPS) is 18.0. The molecule has 1 aromatic rings. The Hall–Kier alpha value is -1.82. The maximum atomic E-state index is 11.8. The van der Waals surface area contributed by atoms with E-state index in [1.54, 1.807) is 13.0 Å². The minimum absolute atomic E-state index is 0.0157. The van der Waals surface area contributed by atoms with Gasteiger partial charge in [-0.3, -0.25) is 4.79 Å². The Morgan fingerprint density at radius 2 is 2.35 bits per heavy atom. The quantitative estimate of drug-likeness (QED) is 0.790. The van der Waals surface area contributed by atoms with Crippen molar-refractivity contribution in [3.8, 4) is 0 Å². The minimum Gasteiger partial charge on any atom is -0.465 e. The molecule has 6 heteroatoms. The smallest absolute Gasteiger partial charge is 0.341 e. The Bertz CT molecular complexity index is 489. The summed E-state index contributed by atoms with van der Waals surface area (Å²) < 4.78 is 10.1. The van der Waals surface area contributed by atoms with Crippen molar-refractivity contribution in [1.29, 1.82) is 0 Å². The van der Waals surface area contributed by atoms with Gasteiger partial charge in [0.2, 0.25) is 5.91 Å². The van der Waals surface area contributed by atoms with Crippen LogP contribution in [0.15, 0.2) is 10.5 Å². The highest BCUT2D eigenvalue weighted by Crippen LogP contribution is 2.15. The zero-order valence-corrected chi connectivity index (χ0v) is 11.8. The minimum atomic E-state index is -0.431. The average molecular weight is 280 g/mol. The van der Waals surface area contributed by atoms with Crippen LogP contribution in [0.3, 0.4) is 0 Å². The molecule has 1 aliphatic rings. The summed E-state index contributed by atoms with van der Waals surface area (Å²) in [5, 5.41) is 6.07. The third-order valence-corrected chi connectivity index (χ3v) is 3.43. The summed E-state index contributed by atoms with van der Waals surface area (Å²) in [6.45, 7) is 2.96. The molecule has 20 heavy (non-hydrogen) atoms. The first kappa shape index (κ1) is 14.6. The summed E-state index contributed by atoms with van der Waals surface area (Å²) in [6.07, 6.45) is 2.64. The molecule has 1 atom stereocenters. The summed E-state index contributed by atoms with van der Waals surface area (Å²) in [4.78, 5) is 23.2. The predicted molar refractivity (Wildman–Crippen MR) is 72.3 cm³/mol. The predicted octanol–water partition coefficient (Wildman–Crippen LogP) is 1.13. The Morgan fingerprint density at radius 3 is 3.00 bits per heavy atom. The fourth-order valence-electron chi connectivity index (χ4n) is 2.36. The van der Waals surface area contributed by atoms with Crippen LogP contribution >= 0.6 is 0 Å². The molecule has 0 bridgehead atoms. The van der Waals surface area contributed by atoms with Crippen LogP contribution < -0.4 is 10.6 Å². The standard InChI is InChI=1S/C14H20N2O4/c1-9-12(14(18)19-2)7-11(20-9)8-16-13(17)6-10-4-3-5-15-10/h7,10,15H,3-6,8H2,1-2H3,(H,16,17). The lowest BCUT2D eigenvalue weighted by Crippen LogP contribution is -2.31. The van der Waals surface area contributed by atoms with E-state index < -0.39 is 5.97 Å². The van der Waals surface area contributed by atoms with Gasteiger partial charge >= 0.3 is 5.97 Å². The number of esters is 1. The average Bonchev–Trinajstić information content (AvgIpc) is 3.05. The van der Waals surface area contributed by atoms with Gasteiger partial charge in [0.05, 0.1) is 13.7 Å². The first-order chi connectivity index (χ1) is 9.60. The molecule has 1 aromatic heterocycles. The number of rotatable bonds is 5. The lowest BCUT2D eigenvalue weighted by atomic mass is 10.1. The van der Waals surface area contributed by atoms with Crippen molar-refractivity contribution in [2.24, 2.45) is 0 Å². The van der Waals surface area contributed by atoms with E-state index in [0.29, 0.717) is 23.5 Å². The molecule has 1 unspecified atom stereocenters. The van der Waals surface area contributed by atoms with Gasteiger partial charge in [0.1, 0.15) is 17.1 Å². The van der Waals surface area contributed by atoms with Crippen LogP contribution in [-0.4, -0.2) is 31.6 Å². The molecule has 1 aliphatic heterocycles. The number of amides is 1. The zero-order valence-electron chi connectivity index (χ0n) is 11.8. The fraction of sp³-hybridized carbons (Fsp3) is 0.571. The van der Waals surface area contributed by atoms with E-state index in [4.69, 9.17) is 4.42 Å². The van der Waals surface area contributed by atoms with E-state index in [1.807, 2.05) is 0 Å². The number of nitrogens with one attached hydrogen (secondary N) is 2. The van der Waals surface area contributed by atoms with Crippen molar-refractivity contribution in [1.82, 2.24) is 10.6 Å². The van der Waals surface area contributed by atoms with Crippen LogP contribution in [-0.2, 0) is 16.1 Å². The molecule has 2 N–H and O–H groups in total. The van der Waals surface area contributed by atoms with E-state index in [0.717, 1.165) is 19.4 Å². The molecular formula is C14H20N2O4. The van der Waals surface area contributed by atoms with Gasteiger partial charge in [-0.15, -0.1) is 0 Å². The molecule has 1 fully saturated rings. The molecule has 0 aromatic carbocycles. The molecule has 0 radical (unpaired) electrons. The largest absolute Gasteiger partial charge is 0.465 e. The summed E-state index contributed by atoms with van der Waals surface area (Å²) in [5.41, 5.74) is 0.397. The van der Waals surface area contributed by atoms with E-state index in [2.05, 4.69) is 15.4 Å². The highest BCUT2D eigenvalue weighted by molar-refractivity contribution is 5.90. The van der Waals surface area contributed by atoms with Crippen LogP contribution in [0.25, 0.3) is 0 Å². The molecule has 2 heterocycles. The number of hydrogen-bond acceptors (Lipinski definition) is 5. The maximum absolute atomic E-state index is 11.8. The third kappa shape index (κ3) is 3.60. The van der Waals surface area contributed by atoms with Gasteiger partial charge in [-0.1, -0.05) is 0 Å². The van der Waals surface area contributed by atoms with Crippen LogP contribution in [0.5, 0.6) is 0 Å². The van der Waals surface area contributed by atoms with Crippen molar-refractivity contribution in [3.63, 3.8) is 0 Å². The first-order valence-corrected chi connectivity index (χ1v) is 6.78. The van der Waals surface area contributed by atoms with Crippen molar-refractivity contribution >= 4 is 11.9 Å². The molecule has 6 nitrogen and oxygen atoms in total. The topological polar surface area (TPSA) is 80.6 Å².